The van der Waals surface area contributed by atoms with Crippen molar-refractivity contribution in [2.45, 2.75) is 38.2 Å². The van der Waals surface area contributed by atoms with Crippen LogP contribution in [0.3, 0.4) is 0 Å². The second kappa shape index (κ2) is 6.54. The summed E-state index contributed by atoms with van der Waals surface area (Å²) >= 11 is 1.54. The first-order valence-corrected chi connectivity index (χ1v) is 8.53. The lowest BCUT2D eigenvalue weighted by atomic mass is 10.2. The summed E-state index contributed by atoms with van der Waals surface area (Å²) < 4.78 is 2.11. The van der Waals surface area contributed by atoms with Crippen LogP contribution in [-0.2, 0) is 12.3 Å². The quantitative estimate of drug-likeness (QED) is 0.728. The molecule has 0 bridgehead atoms. The standard InChI is InChI=1S/C16H19N5OS/c1-10(2)8-21-11(3)19-20-16(21)23-9-14-17-13-7-5-4-6-12(13)15(22)18-14/h4-7,10H,8-9H2,1-3H3,(H,17,18,22). The molecule has 1 N–H and O–H groups in total. The van der Waals surface area contributed by atoms with Crippen LogP contribution in [0, 0.1) is 12.8 Å². The SMILES string of the molecule is Cc1nnc(SCc2nc3ccccc3c(=O)[nH]2)n1CC(C)C. The van der Waals surface area contributed by atoms with Crippen molar-refractivity contribution >= 4 is 22.7 Å². The van der Waals surface area contributed by atoms with Crippen LogP contribution in [0.4, 0.5) is 0 Å². The lowest BCUT2D eigenvalue weighted by Gasteiger charge is -2.10. The Balaban J connectivity index is 1.83. The Morgan fingerprint density at radius 2 is 2.04 bits per heavy atom. The Labute approximate surface area is 138 Å². The molecule has 1 aromatic carbocycles. The fourth-order valence-corrected chi connectivity index (χ4v) is 3.24. The summed E-state index contributed by atoms with van der Waals surface area (Å²) in [5.41, 5.74) is 0.609. The molecule has 3 aromatic rings. The topological polar surface area (TPSA) is 76.5 Å². The van der Waals surface area contributed by atoms with E-state index >= 15 is 0 Å². The summed E-state index contributed by atoms with van der Waals surface area (Å²) in [4.78, 5) is 19.4. The Kier molecular flexibility index (Phi) is 4.47. The minimum absolute atomic E-state index is 0.106. The van der Waals surface area contributed by atoms with Crippen LogP contribution in [-0.4, -0.2) is 24.7 Å². The predicted molar refractivity (Wildman–Crippen MR) is 91.5 cm³/mol. The zero-order valence-electron chi connectivity index (χ0n) is 13.4. The number of thioether (sulfide) groups is 1. The van der Waals surface area contributed by atoms with Gasteiger partial charge in [-0.25, -0.2) is 4.98 Å². The number of benzene rings is 1. The molecule has 3 rings (SSSR count). The fourth-order valence-electron chi connectivity index (χ4n) is 2.38. The molecular formula is C16H19N5OS. The van der Waals surface area contributed by atoms with Gasteiger partial charge in [0.25, 0.3) is 5.56 Å². The van der Waals surface area contributed by atoms with Gasteiger partial charge in [-0.1, -0.05) is 37.7 Å². The monoisotopic (exact) mass is 329 g/mol. The molecule has 120 valence electrons. The minimum atomic E-state index is -0.106. The van der Waals surface area contributed by atoms with Gasteiger partial charge in [0.05, 0.1) is 16.7 Å². The number of aryl methyl sites for hydroxylation is 1. The molecule has 0 radical (unpaired) electrons. The number of nitrogens with one attached hydrogen (secondary N) is 1. The molecule has 7 heteroatoms. The largest absolute Gasteiger partial charge is 0.309 e. The van der Waals surface area contributed by atoms with Crippen molar-refractivity contribution in [1.82, 2.24) is 24.7 Å². The maximum Gasteiger partial charge on any atom is 0.258 e. The summed E-state index contributed by atoms with van der Waals surface area (Å²) in [6.07, 6.45) is 0. The van der Waals surface area contributed by atoms with E-state index in [1.165, 1.54) is 11.8 Å². The molecule has 0 amide bonds. The third kappa shape index (κ3) is 3.44. The number of aromatic nitrogens is 5. The molecule has 0 spiro atoms. The first kappa shape index (κ1) is 15.7. The smallest absolute Gasteiger partial charge is 0.258 e. The molecule has 6 nitrogen and oxygen atoms in total. The molecule has 23 heavy (non-hydrogen) atoms. The van der Waals surface area contributed by atoms with Gasteiger partial charge < -0.3 is 9.55 Å². The zero-order valence-corrected chi connectivity index (χ0v) is 14.2. The van der Waals surface area contributed by atoms with E-state index in [0.29, 0.717) is 28.4 Å². The van der Waals surface area contributed by atoms with Crippen molar-refractivity contribution in [3.05, 3.63) is 46.3 Å². The van der Waals surface area contributed by atoms with Crippen LogP contribution in [0.15, 0.2) is 34.2 Å². The summed E-state index contributed by atoms with van der Waals surface area (Å²) in [5.74, 6) is 2.62. The third-order valence-electron chi connectivity index (χ3n) is 3.45. The highest BCUT2D eigenvalue weighted by molar-refractivity contribution is 7.98. The predicted octanol–water partition coefficient (Wildman–Crippen LogP) is 2.77. The van der Waals surface area contributed by atoms with Crippen LogP contribution in [0.2, 0.25) is 0 Å². The summed E-state index contributed by atoms with van der Waals surface area (Å²) in [6.45, 7) is 7.16. The number of hydrogen-bond acceptors (Lipinski definition) is 5. The van der Waals surface area contributed by atoms with E-state index in [2.05, 4.69) is 38.6 Å². The number of para-hydroxylation sites is 1. The lowest BCUT2D eigenvalue weighted by Crippen LogP contribution is -2.11. The Morgan fingerprint density at radius 3 is 2.83 bits per heavy atom. The Morgan fingerprint density at radius 1 is 1.26 bits per heavy atom. The minimum Gasteiger partial charge on any atom is -0.309 e. The number of nitrogens with zero attached hydrogens (tertiary/aromatic N) is 4. The van der Waals surface area contributed by atoms with Crippen LogP contribution < -0.4 is 5.56 Å². The Hall–Kier alpha value is -2.15. The number of H-pyrrole nitrogens is 1. The van der Waals surface area contributed by atoms with E-state index < -0.39 is 0 Å². The van der Waals surface area contributed by atoms with Crippen LogP contribution in [0.1, 0.15) is 25.5 Å². The van der Waals surface area contributed by atoms with Crippen molar-refractivity contribution in [2.75, 3.05) is 0 Å². The van der Waals surface area contributed by atoms with Crippen molar-refractivity contribution in [1.29, 1.82) is 0 Å². The molecule has 0 fully saturated rings. The number of aromatic amines is 1. The molecule has 0 saturated heterocycles. The van der Waals surface area contributed by atoms with Crippen molar-refractivity contribution in [2.24, 2.45) is 5.92 Å². The van der Waals surface area contributed by atoms with E-state index in [1.54, 1.807) is 6.07 Å². The van der Waals surface area contributed by atoms with Gasteiger partial charge in [-0.15, -0.1) is 10.2 Å². The maximum absolute atomic E-state index is 12.1. The van der Waals surface area contributed by atoms with Crippen molar-refractivity contribution in [3.63, 3.8) is 0 Å². The fraction of sp³-hybridized carbons (Fsp3) is 0.375. The van der Waals surface area contributed by atoms with Gasteiger partial charge in [-0.2, -0.15) is 0 Å². The van der Waals surface area contributed by atoms with E-state index in [-0.39, 0.29) is 5.56 Å². The summed E-state index contributed by atoms with van der Waals surface area (Å²) in [6, 6.07) is 7.35. The van der Waals surface area contributed by atoms with Gasteiger partial charge in [-0.3, -0.25) is 4.79 Å². The van der Waals surface area contributed by atoms with Crippen LogP contribution in [0.5, 0.6) is 0 Å². The van der Waals surface area contributed by atoms with E-state index in [1.807, 2.05) is 25.1 Å². The van der Waals surface area contributed by atoms with Gasteiger partial charge in [-0.05, 0) is 25.0 Å². The highest BCUT2D eigenvalue weighted by Crippen LogP contribution is 2.21. The number of hydrogen-bond donors (Lipinski definition) is 1. The average molecular weight is 329 g/mol. The van der Waals surface area contributed by atoms with Crippen molar-refractivity contribution in [3.8, 4) is 0 Å². The van der Waals surface area contributed by atoms with Gasteiger partial charge >= 0.3 is 0 Å². The van der Waals surface area contributed by atoms with Gasteiger partial charge in [0, 0.05) is 6.54 Å². The first-order chi connectivity index (χ1) is 11.0. The normalized spacial score (nSPS) is 11.5. The molecule has 0 atom stereocenters. The van der Waals surface area contributed by atoms with Crippen LogP contribution >= 0.6 is 11.8 Å². The second-order valence-electron chi connectivity index (χ2n) is 5.85. The average Bonchev–Trinajstić information content (AvgIpc) is 2.85. The highest BCUT2D eigenvalue weighted by Gasteiger charge is 2.12. The molecular weight excluding hydrogens is 310 g/mol. The van der Waals surface area contributed by atoms with Gasteiger partial charge in [0.2, 0.25) is 0 Å². The first-order valence-electron chi connectivity index (χ1n) is 7.55. The third-order valence-corrected chi connectivity index (χ3v) is 4.43. The summed E-state index contributed by atoms with van der Waals surface area (Å²) in [5, 5.41) is 9.84. The molecule has 2 heterocycles. The number of rotatable bonds is 5. The molecule has 0 aliphatic rings. The number of fused-ring (bicyclic) bond motifs is 1. The lowest BCUT2D eigenvalue weighted by molar-refractivity contribution is 0.486. The zero-order chi connectivity index (χ0) is 16.4. The Bertz CT molecular complexity index is 884. The van der Waals surface area contributed by atoms with E-state index in [4.69, 9.17) is 0 Å². The molecule has 2 aromatic heterocycles. The summed E-state index contributed by atoms with van der Waals surface area (Å²) in [7, 11) is 0. The van der Waals surface area contributed by atoms with Gasteiger partial charge in [0.1, 0.15) is 11.6 Å². The van der Waals surface area contributed by atoms with Crippen molar-refractivity contribution < 1.29 is 0 Å². The molecule has 0 saturated carbocycles. The van der Waals surface area contributed by atoms with E-state index in [9.17, 15) is 4.79 Å². The van der Waals surface area contributed by atoms with E-state index in [0.717, 1.165) is 17.5 Å². The molecule has 0 aliphatic carbocycles. The second-order valence-corrected chi connectivity index (χ2v) is 6.80. The van der Waals surface area contributed by atoms with Gasteiger partial charge in [0.15, 0.2) is 5.16 Å². The van der Waals surface area contributed by atoms with Crippen LogP contribution in [0.25, 0.3) is 10.9 Å². The molecule has 0 aliphatic heterocycles. The highest BCUT2D eigenvalue weighted by atomic mass is 32.2. The molecule has 0 unspecified atom stereocenters. The maximum atomic E-state index is 12.1.